The van der Waals surface area contributed by atoms with Gasteiger partial charge >= 0.3 is 0 Å². The van der Waals surface area contributed by atoms with Crippen LogP contribution in [0.3, 0.4) is 0 Å². The Balaban J connectivity index is 2.12. The second-order valence-corrected chi connectivity index (χ2v) is 5.11. The minimum absolute atomic E-state index is 0.647. The van der Waals surface area contributed by atoms with Gasteiger partial charge in [0.2, 0.25) is 0 Å². The lowest BCUT2D eigenvalue weighted by Gasteiger charge is -2.08. The molecule has 1 aromatic heterocycles. The fourth-order valence-corrected chi connectivity index (χ4v) is 2.26. The summed E-state index contributed by atoms with van der Waals surface area (Å²) in [7, 11) is 1.86. The Morgan fingerprint density at radius 1 is 1.50 bits per heavy atom. The van der Waals surface area contributed by atoms with E-state index in [9.17, 15) is 0 Å². The van der Waals surface area contributed by atoms with Crippen LogP contribution in [0.15, 0.2) is 34.9 Å². The van der Waals surface area contributed by atoms with E-state index >= 15 is 0 Å². The van der Waals surface area contributed by atoms with Crippen LogP contribution in [-0.4, -0.2) is 4.57 Å². The van der Waals surface area contributed by atoms with Crippen molar-refractivity contribution in [1.82, 2.24) is 4.57 Å². The molecule has 0 radical (unpaired) electrons. The molecule has 0 saturated carbocycles. The maximum atomic E-state index is 8.88. The van der Waals surface area contributed by atoms with Crippen molar-refractivity contribution in [2.24, 2.45) is 7.05 Å². The molecule has 2 rings (SSSR count). The summed E-state index contributed by atoms with van der Waals surface area (Å²) in [4.78, 5) is 0. The number of benzene rings is 1. The molecule has 0 unspecified atom stereocenters. The van der Waals surface area contributed by atoms with E-state index in [1.807, 2.05) is 42.1 Å². The van der Waals surface area contributed by atoms with Crippen molar-refractivity contribution in [2.75, 3.05) is 5.32 Å². The molecule has 18 heavy (non-hydrogen) atoms. The molecule has 92 valence electrons. The molecule has 0 aliphatic rings. The molecule has 0 aliphatic carbocycles. The largest absolute Gasteiger partial charge is 0.380 e. The second kappa shape index (κ2) is 5.47. The highest BCUT2D eigenvalue weighted by atomic mass is 79.9. The van der Waals surface area contributed by atoms with Gasteiger partial charge in [0.1, 0.15) is 11.8 Å². The van der Waals surface area contributed by atoms with Gasteiger partial charge in [0.05, 0.1) is 15.2 Å². The Bertz CT molecular complexity index is 613. The maximum Gasteiger partial charge on any atom is 0.120 e. The first kappa shape index (κ1) is 13.0. The molecule has 0 spiro atoms. The average Bonchev–Trinajstić information content (AvgIpc) is 2.72. The van der Waals surface area contributed by atoms with Crippen molar-refractivity contribution in [3.8, 4) is 6.07 Å². The van der Waals surface area contributed by atoms with Gasteiger partial charge in [-0.3, -0.25) is 0 Å². The van der Waals surface area contributed by atoms with Crippen molar-refractivity contribution in [1.29, 1.82) is 5.26 Å². The minimum Gasteiger partial charge on any atom is -0.380 e. The first-order valence-electron chi connectivity index (χ1n) is 5.35. The number of aryl methyl sites for hydroxylation is 1. The molecule has 1 heterocycles. The maximum absolute atomic E-state index is 8.88. The highest BCUT2D eigenvalue weighted by Gasteiger charge is 2.05. The van der Waals surface area contributed by atoms with Crippen LogP contribution in [0.2, 0.25) is 5.02 Å². The molecular weight excluding hydrogens is 314 g/mol. The van der Waals surface area contributed by atoms with Gasteiger partial charge in [-0.2, -0.15) is 5.26 Å². The Labute approximate surface area is 119 Å². The summed E-state index contributed by atoms with van der Waals surface area (Å²) in [5, 5.41) is 12.8. The Morgan fingerprint density at radius 3 is 2.94 bits per heavy atom. The van der Waals surface area contributed by atoms with Gasteiger partial charge in [-0.25, -0.2) is 0 Å². The molecule has 5 heteroatoms. The molecule has 1 aromatic carbocycles. The zero-order chi connectivity index (χ0) is 13.1. The van der Waals surface area contributed by atoms with Gasteiger partial charge in [-0.1, -0.05) is 17.7 Å². The molecule has 0 fully saturated rings. The third kappa shape index (κ3) is 2.69. The summed E-state index contributed by atoms with van der Waals surface area (Å²) in [5.74, 6) is 0. The van der Waals surface area contributed by atoms with Crippen LogP contribution in [-0.2, 0) is 13.6 Å². The normalized spacial score (nSPS) is 10.1. The van der Waals surface area contributed by atoms with E-state index in [1.54, 1.807) is 0 Å². The summed E-state index contributed by atoms with van der Waals surface area (Å²) >= 11 is 9.45. The Morgan fingerprint density at radius 2 is 2.28 bits per heavy atom. The summed E-state index contributed by atoms with van der Waals surface area (Å²) in [6.07, 6.45) is 1.93. The van der Waals surface area contributed by atoms with Crippen LogP contribution in [0.5, 0.6) is 0 Å². The van der Waals surface area contributed by atoms with E-state index in [0.29, 0.717) is 17.3 Å². The fourth-order valence-electron chi connectivity index (χ4n) is 1.68. The van der Waals surface area contributed by atoms with Gasteiger partial charge in [0.15, 0.2) is 0 Å². The Kier molecular flexibility index (Phi) is 3.95. The molecular formula is C13H11BrClN3. The van der Waals surface area contributed by atoms with E-state index in [1.165, 1.54) is 0 Å². The van der Waals surface area contributed by atoms with E-state index in [-0.39, 0.29) is 0 Å². The van der Waals surface area contributed by atoms with E-state index in [0.717, 1.165) is 15.7 Å². The van der Waals surface area contributed by atoms with Crippen LogP contribution in [0.25, 0.3) is 0 Å². The summed E-state index contributed by atoms with van der Waals surface area (Å²) in [5.41, 5.74) is 2.64. The minimum atomic E-state index is 0.647. The number of rotatable bonds is 3. The number of nitrogens with zero attached hydrogens (tertiary/aromatic N) is 2. The zero-order valence-electron chi connectivity index (χ0n) is 9.74. The van der Waals surface area contributed by atoms with Crippen molar-refractivity contribution < 1.29 is 0 Å². The van der Waals surface area contributed by atoms with Gasteiger partial charge in [0.25, 0.3) is 0 Å². The number of nitrogens with one attached hydrogen (secondary N) is 1. The standard InChI is InChI=1S/C13H11BrClN3/c1-18-8-9(5-10(18)6-16)7-17-12-4-2-3-11(15)13(12)14/h2-5,8,17H,7H2,1H3. The number of hydrogen-bond donors (Lipinski definition) is 1. The fraction of sp³-hybridized carbons (Fsp3) is 0.154. The summed E-state index contributed by atoms with van der Waals surface area (Å²) < 4.78 is 2.66. The van der Waals surface area contributed by atoms with Crippen LogP contribution >= 0.6 is 27.5 Å². The lowest BCUT2D eigenvalue weighted by Crippen LogP contribution is -1.99. The summed E-state index contributed by atoms with van der Waals surface area (Å²) in [6.45, 7) is 0.647. The van der Waals surface area contributed by atoms with Crippen LogP contribution < -0.4 is 5.32 Å². The summed E-state index contributed by atoms with van der Waals surface area (Å²) in [6, 6.07) is 9.67. The van der Waals surface area contributed by atoms with Crippen molar-refractivity contribution in [2.45, 2.75) is 6.54 Å². The molecule has 0 bridgehead atoms. The van der Waals surface area contributed by atoms with Crippen molar-refractivity contribution in [3.63, 3.8) is 0 Å². The lowest BCUT2D eigenvalue weighted by molar-refractivity contribution is 0.902. The van der Waals surface area contributed by atoms with E-state index < -0.39 is 0 Å². The van der Waals surface area contributed by atoms with Crippen molar-refractivity contribution in [3.05, 3.63) is 51.2 Å². The Hall–Kier alpha value is -1.44. The highest BCUT2D eigenvalue weighted by molar-refractivity contribution is 9.10. The molecule has 0 aliphatic heterocycles. The second-order valence-electron chi connectivity index (χ2n) is 3.91. The number of nitriles is 1. The monoisotopic (exact) mass is 323 g/mol. The zero-order valence-corrected chi connectivity index (χ0v) is 12.1. The third-order valence-corrected chi connectivity index (χ3v) is 4.01. The lowest BCUT2D eigenvalue weighted by atomic mass is 10.3. The van der Waals surface area contributed by atoms with Gasteiger partial charge in [-0.15, -0.1) is 0 Å². The quantitative estimate of drug-likeness (QED) is 0.929. The predicted octanol–water partition coefficient (Wildman–Crippen LogP) is 3.92. The molecule has 1 N–H and O–H groups in total. The van der Waals surface area contributed by atoms with Crippen LogP contribution in [0.1, 0.15) is 11.3 Å². The number of aromatic nitrogens is 1. The SMILES string of the molecule is Cn1cc(CNc2cccc(Cl)c2Br)cc1C#N. The first-order chi connectivity index (χ1) is 8.61. The number of hydrogen-bond acceptors (Lipinski definition) is 2. The smallest absolute Gasteiger partial charge is 0.120 e. The molecule has 0 amide bonds. The number of halogens is 2. The van der Waals surface area contributed by atoms with Crippen LogP contribution in [0.4, 0.5) is 5.69 Å². The molecule has 3 nitrogen and oxygen atoms in total. The predicted molar refractivity (Wildman–Crippen MR) is 76.6 cm³/mol. The average molecular weight is 325 g/mol. The third-order valence-electron chi connectivity index (χ3n) is 2.61. The van der Waals surface area contributed by atoms with E-state index in [2.05, 4.69) is 27.3 Å². The van der Waals surface area contributed by atoms with Gasteiger partial charge < -0.3 is 9.88 Å². The van der Waals surface area contributed by atoms with Gasteiger partial charge in [0, 0.05) is 19.8 Å². The highest BCUT2D eigenvalue weighted by Crippen LogP contribution is 2.30. The van der Waals surface area contributed by atoms with Crippen LogP contribution in [0, 0.1) is 11.3 Å². The topological polar surface area (TPSA) is 40.8 Å². The first-order valence-corrected chi connectivity index (χ1v) is 6.52. The molecule has 2 aromatic rings. The van der Waals surface area contributed by atoms with E-state index in [4.69, 9.17) is 16.9 Å². The molecule has 0 saturated heterocycles. The van der Waals surface area contributed by atoms with Crippen molar-refractivity contribution >= 4 is 33.2 Å². The number of anilines is 1. The molecule has 0 atom stereocenters. The van der Waals surface area contributed by atoms with Gasteiger partial charge in [-0.05, 0) is 39.7 Å².